The van der Waals surface area contributed by atoms with Gasteiger partial charge in [-0.2, -0.15) is 0 Å². The maximum Gasteiger partial charge on any atom is 0.118 e. The van der Waals surface area contributed by atoms with Gasteiger partial charge in [0.05, 0.1) is 35.7 Å². The summed E-state index contributed by atoms with van der Waals surface area (Å²) in [5, 5.41) is 0. The second-order valence-electron chi connectivity index (χ2n) is 4.18. The minimum atomic E-state index is 0.0936. The number of alkyl halides is 1. The van der Waals surface area contributed by atoms with Crippen molar-refractivity contribution in [1.29, 1.82) is 0 Å². The van der Waals surface area contributed by atoms with Gasteiger partial charge in [-0.05, 0) is 29.8 Å². The zero-order chi connectivity index (χ0) is 12.2. The Labute approximate surface area is 125 Å². The Morgan fingerprint density at radius 2 is 1.88 bits per heavy atom. The average Bonchev–Trinajstić information content (AvgIpc) is 2.30. The van der Waals surface area contributed by atoms with Crippen LogP contribution >= 0.6 is 45.5 Å². The maximum atomic E-state index is 5.15. The highest BCUT2D eigenvalue weighted by atomic mass is 127. The first-order valence-electron chi connectivity index (χ1n) is 4.95. The van der Waals surface area contributed by atoms with Gasteiger partial charge in [0.15, 0.2) is 0 Å². The predicted octanol–water partition coefficient (Wildman–Crippen LogP) is 4.30. The number of benzene rings is 1. The van der Waals surface area contributed by atoms with Crippen molar-refractivity contribution in [1.82, 2.24) is 0 Å². The van der Waals surface area contributed by atoms with E-state index in [1.807, 2.05) is 12.1 Å². The highest BCUT2D eigenvalue weighted by Crippen LogP contribution is 2.27. The van der Waals surface area contributed by atoms with Crippen LogP contribution < -0.4 is 4.74 Å². The van der Waals surface area contributed by atoms with E-state index in [2.05, 4.69) is 74.6 Å². The molecule has 1 rings (SSSR count). The second-order valence-corrected chi connectivity index (χ2v) is 5.42. The first kappa shape index (κ1) is 14.2. The molecule has 0 saturated carbocycles. The smallest absolute Gasteiger partial charge is 0.118 e. The van der Waals surface area contributed by atoms with Gasteiger partial charge in [-0.15, -0.1) is 0 Å². The Morgan fingerprint density at radius 1 is 1.31 bits per heavy atom. The minimum absolute atomic E-state index is 0.0936. The third kappa shape index (κ3) is 3.32. The fourth-order valence-electron chi connectivity index (χ4n) is 1.37. The van der Waals surface area contributed by atoms with Crippen molar-refractivity contribution in [2.75, 3.05) is 11.5 Å². The van der Waals surface area contributed by atoms with Gasteiger partial charge in [0.2, 0.25) is 0 Å². The van der Waals surface area contributed by atoms with E-state index in [9.17, 15) is 0 Å². The van der Waals surface area contributed by atoms with Gasteiger partial charge in [-0.3, -0.25) is 0 Å². The SMILES string of the molecule is COc1ccc(C(=NI)C(C)(C)CI)cc1. The van der Waals surface area contributed by atoms with Crippen LogP contribution in [0.4, 0.5) is 0 Å². The number of ether oxygens (including phenoxy) is 1. The number of rotatable bonds is 4. The number of hydrogen-bond acceptors (Lipinski definition) is 2. The highest BCUT2D eigenvalue weighted by molar-refractivity contribution is 14.1. The molecule has 0 atom stereocenters. The van der Waals surface area contributed by atoms with Crippen LogP contribution in [0.3, 0.4) is 0 Å². The van der Waals surface area contributed by atoms with Crippen molar-refractivity contribution in [2.45, 2.75) is 13.8 Å². The molecular weight excluding hydrogens is 428 g/mol. The Kier molecular flexibility index (Phi) is 5.49. The zero-order valence-electron chi connectivity index (χ0n) is 9.63. The van der Waals surface area contributed by atoms with Gasteiger partial charge in [0, 0.05) is 9.84 Å². The first-order valence-corrected chi connectivity index (χ1v) is 7.44. The van der Waals surface area contributed by atoms with Crippen LogP contribution in [-0.4, -0.2) is 17.2 Å². The molecule has 1 aromatic carbocycles. The Bertz CT molecular complexity index is 371. The summed E-state index contributed by atoms with van der Waals surface area (Å²) >= 11 is 4.47. The molecule has 4 heteroatoms. The lowest BCUT2D eigenvalue weighted by Crippen LogP contribution is -2.26. The van der Waals surface area contributed by atoms with Crippen molar-refractivity contribution < 1.29 is 4.74 Å². The van der Waals surface area contributed by atoms with Gasteiger partial charge in [-0.25, -0.2) is 3.21 Å². The molecule has 88 valence electrons. The van der Waals surface area contributed by atoms with Crippen molar-refractivity contribution in [3.8, 4) is 5.75 Å². The molecule has 0 bridgehead atoms. The van der Waals surface area contributed by atoms with Gasteiger partial charge in [-0.1, -0.05) is 36.4 Å². The molecule has 0 unspecified atom stereocenters. The third-order valence-electron chi connectivity index (χ3n) is 2.42. The number of hydrogen-bond donors (Lipinski definition) is 0. The zero-order valence-corrected chi connectivity index (χ0v) is 13.9. The minimum Gasteiger partial charge on any atom is -0.497 e. The van der Waals surface area contributed by atoms with Crippen molar-refractivity contribution >= 4 is 51.2 Å². The van der Waals surface area contributed by atoms with E-state index in [4.69, 9.17) is 4.74 Å². The molecule has 0 saturated heterocycles. The topological polar surface area (TPSA) is 21.6 Å². The summed E-state index contributed by atoms with van der Waals surface area (Å²) in [6.07, 6.45) is 0. The van der Waals surface area contributed by atoms with E-state index in [1.54, 1.807) is 7.11 Å². The van der Waals surface area contributed by atoms with E-state index in [0.29, 0.717) is 0 Å². The predicted molar refractivity (Wildman–Crippen MR) is 86.2 cm³/mol. The Morgan fingerprint density at radius 3 is 2.25 bits per heavy atom. The van der Waals surface area contributed by atoms with Crippen LogP contribution in [0.5, 0.6) is 5.75 Å². The lowest BCUT2D eigenvalue weighted by molar-refractivity contribution is 0.415. The Balaban J connectivity index is 3.06. The van der Waals surface area contributed by atoms with Crippen LogP contribution in [0.2, 0.25) is 0 Å². The summed E-state index contributed by atoms with van der Waals surface area (Å²) in [7, 11) is 1.68. The monoisotopic (exact) mass is 443 g/mol. The molecule has 0 N–H and O–H groups in total. The molecule has 2 nitrogen and oxygen atoms in total. The fourth-order valence-corrected chi connectivity index (χ4v) is 2.66. The second kappa shape index (κ2) is 6.18. The van der Waals surface area contributed by atoms with E-state index >= 15 is 0 Å². The van der Waals surface area contributed by atoms with E-state index < -0.39 is 0 Å². The molecule has 0 heterocycles. The van der Waals surface area contributed by atoms with Crippen molar-refractivity contribution in [3.63, 3.8) is 0 Å². The molecule has 1 aromatic rings. The molecule has 0 aromatic heterocycles. The van der Waals surface area contributed by atoms with Gasteiger partial charge < -0.3 is 4.74 Å². The van der Waals surface area contributed by atoms with E-state index in [0.717, 1.165) is 21.5 Å². The number of halogens is 2. The van der Waals surface area contributed by atoms with E-state index in [-0.39, 0.29) is 5.41 Å². The van der Waals surface area contributed by atoms with Crippen LogP contribution in [0.25, 0.3) is 0 Å². The Hall–Kier alpha value is 0.150. The quantitative estimate of drug-likeness (QED) is 0.387. The highest BCUT2D eigenvalue weighted by Gasteiger charge is 2.24. The molecule has 0 aliphatic rings. The van der Waals surface area contributed by atoms with Gasteiger partial charge >= 0.3 is 0 Å². The molecule has 0 fully saturated rings. The summed E-state index contributed by atoms with van der Waals surface area (Å²) in [4.78, 5) is 0. The summed E-state index contributed by atoms with van der Waals surface area (Å²) in [5.74, 6) is 0.879. The fraction of sp³-hybridized carbons (Fsp3) is 0.417. The molecule has 0 spiro atoms. The van der Waals surface area contributed by atoms with Gasteiger partial charge in [0.1, 0.15) is 5.75 Å². The van der Waals surface area contributed by atoms with Crippen LogP contribution in [0.1, 0.15) is 19.4 Å². The molecule has 0 radical (unpaired) electrons. The van der Waals surface area contributed by atoms with Gasteiger partial charge in [0.25, 0.3) is 0 Å². The van der Waals surface area contributed by atoms with Crippen molar-refractivity contribution in [3.05, 3.63) is 29.8 Å². The average molecular weight is 443 g/mol. The summed E-state index contributed by atoms with van der Waals surface area (Å²) in [6.45, 7) is 4.42. The normalized spacial score (nSPS) is 12.7. The maximum absolute atomic E-state index is 5.15. The molecular formula is C12H15I2NO. The van der Waals surface area contributed by atoms with Crippen molar-refractivity contribution in [2.24, 2.45) is 8.62 Å². The molecule has 0 aliphatic heterocycles. The molecule has 16 heavy (non-hydrogen) atoms. The molecule has 0 aliphatic carbocycles. The number of methoxy groups -OCH3 is 1. The summed E-state index contributed by atoms with van der Waals surface area (Å²) in [6, 6.07) is 8.07. The standard InChI is InChI=1S/C12H15I2NO/c1-12(2,8-13)11(15-14)9-4-6-10(16-3)7-5-9/h4-7H,8H2,1-3H3. The van der Waals surface area contributed by atoms with E-state index in [1.165, 1.54) is 0 Å². The number of nitrogens with zero attached hydrogens (tertiary/aromatic N) is 1. The lowest BCUT2D eigenvalue weighted by atomic mass is 9.86. The summed E-state index contributed by atoms with van der Waals surface area (Å²) < 4.78 is 10.6. The first-order chi connectivity index (χ1) is 7.55. The largest absolute Gasteiger partial charge is 0.497 e. The van der Waals surface area contributed by atoms with Crippen LogP contribution in [0, 0.1) is 5.41 Å². The lowest BCUT2D eigenvalue weighted by Gasteiger charge is -2.23. The van der Waals surface area contributed by atoms with Crippen LogP contribution in [0.15, 0.2) is 27.5 Å². The summed E-state index contributed by atoms with van der Waals surface area (Å²) in [5.41, 5.74) is 2.39. The van der Waals surface area contributed by atoms with Crippen LogP contribution in [-0.2, 0) is 0 Å². The molecule has 0 amide bonds. The third-order valence-corrected chi connectivity index (χ3v) is 4.81.